The number of rotatable bonds is 5. The van der Waals surface area contributed by atoms with Crippen molar-refractivity contribution >= 4 is 0 Å². The minimum Gasteiger partial charge on any atom is -0.494 e. The number of fused-ring (bicyclic) bond motifs is 1. The van der Waals surface area contributed by atoms with Gasteiger partial charge >= 0.3 is 0 Å². The molecule has 1 aromatic carbocycles. The lowest BCUT2D eigenvalue weighted by atomic mass is 10.0. The molecular formula is C21H22N4O2. The average Bonchev–Trinajstić information content (AvgIpc) is 2.69. The minimum absolute atomic E-state index is 0.0372. The Kier molecular flexibility index (Phi) is 4.98. The first-order valence-electron chi connectivity index (χ1n) is 9.19. The number of hydrogen-bond donors (Lipinski definition) is 1. The second-order valence-corrected chi connectivity index (χ2v) is 6.62. The topological polar surface area (TPSA) is 71.1 Å². The molecule has 0 saturated heterocycles. The molecule has 0 amide bonds. The number of nitrogens with one attached hydrogen (secondary N) is 1. The molecule has 0 saturated carbocycles. The zero-order valence-corrected chi connectivity index (χ0v) is 15.3. The van der Waals surface area contributed by atoms with Gasteiger partial charge in [0.1, 0.15) is 11.6 Å². The molecule has 0 unspecified atom stereocenters. The second kappa shape index (κ2) is 7.72. The molecule has 0 aliphatic carbocycles. The normalized spacial score (nSPS) is 14.0. The number of H-pyrrole nitrogens is 1. The predicted octanol–water partition coefficient (Wildman–Crippen LogP) is 2.79. The molecule has 0 atom stereocenters. The van der Waals surface area contributed by atoms with Crippen LogP contribution in [0.25, 0.3) is 11.4 Å². The van der Waals surface area contributed by atoms with Crippen LogP contribution < -0.4 is 10.3 Å². The number of nitrogens with zero attached hydrogens (tertiary/aromatic N) is 3. The number of ether oxygens (including phenoxy) is 1. The molecule has 138 valence electrons. The standard InChI is InChI=1S/C21H22N4O2/c1-2-27-17-5-3-4-15(12-17)13-25-11-8-18-19(14-25)23-20(24-21(18)26)16-6-9-22-10-7-16/h3-7,9-10,12H,2,8,11,13-14H2,1H3,(H,23,24,26). The Balaban J connectivity index is 1.56. The maximum atomic E-state index is 12.5. The van der Waals surface area contributed by atoms with Crippen molar-refractivity contribution in [3.05, 3.63) is 76.0 Å². The fourth-order valence-corrected chi connectivity index (χ4v) is 3.43. The number of aromatic amines is 1. The molecule has 2 aromatic heterocycles. The van der Waals surface area contributed by atoms with Gasteiger partial charge < -0.3 is 9.72 Å². The van der Waals surface area contributed by atoms with Gasteiger partial charge in [0, 0.05) is 43.2 Å². The number of pyridine rings is 1. The second-order valence-electron chi connectivity index (χ2n) is 6.62. The highest BCUT2D eigenvalue weighted by molar-refractivity contribution is 5.54. The largest absolute Gasteiger partial charge is 0.494 e. The Morgan fingerprint density at radius 1 is 1.22 bits per heavy atom. The van der Waals surface area contributed by atoms with Crippen LogP contribution in [0.5, 0.6) is 5.75 Å². The molecule has 1 aliphatic heterocycles. The van der Waals surface area contributed by atoms with Crippen LogP contribution in [0.4, 0.5) is 0 Å². The van der Waals surface area contributed by atoms with E-state index in [2.05, 4.69) is 27.0 Å². The van der Waals surface area contributed by atoms with E-state index in [4.69, 9.17) is 9.72 Å². The SMILES string of the molecule is CCOc1cccc(CN2CCc3c(nc(-c4ccncc4)[nH]c3=O)C2)c1. The van der Waals surface area contributed by atoms with Crippen LogP contribution in [0.1, 0.15) is 23.7 Å². The predicted molar refractivity (Wildman–Crippen MR) is 104 cm³/mol. The summed E-state index contributed by atoms with van der Waals surface area (Å²) in [6.45, 7) is 4.95. The van der Waals surface area contributed by atoms with Gasteiger partial charge in [-0.1, -0.05) is 12.1 Å². The zero-order chi connectivity index (χ0) is 18.6. The summed E-state index contributed by atoms with van der Waals surface area (Å²) < 4.78 is 5.59. The molecule has 3 aromatic rings. The third-order valence-electron chi connectivity index (χ3n) is 4.72. The van der Waals surface area contributed by atoms with Crippen LogP contribution >= 0.6 is 0 Å². The lowest BCUT2D eigenvalue weighted by Gasteiger charge is -2.27. The van der Waals surface area contributed by atoms with Gasteiger partial charge in [-0.3, -0.25) is 14.7 Å². The Labute approximate surface area is 157 Å². The van der Waals surface area contributed by atoms with Gasteiger partial charge in [0.25, 0.3) is 5.56 Å². The monoisotopic (exact) mass is 362 g/mol. The van der Waals surface area contributed by atoms with E-state index in [-0.39, 0.29) is 5.56 Å². The maximum Gasteiger partial charge on any atom is 0.254 e. The van der Waals surface area contributed by atoms with E-state index in [1.54, 1.807) is 12.4 Å². The van der Waals surface area contributed by atoms with Gasteiger partial charge in [-0.15, -0.1) is 0 Å². The summed E-state index contributed by atoms with van der Waals surface area (Å²) in [5, 5.41) is 0. The van der Waals surface area contributed by atoms with Crippen molar-refractivity contribution in [2.75, 3.05) is 13.2 Å². The van der Waals surface area contributed by atoms with E-state index in [0.29, 0.717) is 25.4 Å². The first kappa shape index (κ1) is 17.4. The van der Waals surface area contributed by atoms with Crippen molar-refractivity contribution in [1.82, 2.24) is 19.9 Å². The Hall–Kier alpha value is -2.99. The highest BCUT2D eigenvalue weighted by atomic mass is 16.5. The van der Waals surface area contributed by atoms with Crippen molar-refractivity contribution in [3.63, 3.8) is 0 Å². The van der Waals surface area contributed by atoms with Crippen LogP contribution in [0.2, 0.25) is 0 Å². The number of hydrogen-bond acceptors (Lipinski definition) is 5. The van der Waals surface area contributed by atoms with Crippen LogP contribution in [-0.2, 0) is 19.5 Å². The summed E-state index contributed by atoms with van der Waals surface area (Å²) in [6.07, 6.45) is 4.11. The van der Waals surface area contributed by atoms with Gasteiger partial charge in [-0.05, 0) is 43.2 Å². The van der Waals surface area contributed by atoms with Crippen molar-refractivity contribution < 1.29 is 4.74 Å². The summed E-state index contributed by atoms with van der Waals surface area (Å²) in [5.74, 6) is 1.49. The minimum atomic E-state index is -0.0372. The van der Waals surface area contributed by atoms with Gasteiger partial charge in [-0.25, -0.2) is 4.98 Å². The lowest BCUT2D eigenvalue weighted by Crippen LogP contribution is -2.35. The summed E-state index contributed by atoms with van der Waals surface area (Å²) >= 11 is 0. The average molecular weight is 362 g/mol. The molecule has 4 rings (SSSR count). The highest BCUT2D eigenvalue weighted by Crippen LogP contribution is 2.21. The van der Waals surface area contributed by atoms with Crippen LogP contribution in [-0.4, -0.2) is 33.0 Å². The summed E-state index contributed by atoms with van der Waals surface area (Å²) in [4.78, 5) is 26.5. The smallest absolute Gasteiger partial charge is 0.254 e. The van der Waals surface area contributed by atoms with E-state index in [9.17, 15) is 4.79 Å². The van der Waals surface area contributed by atoms with E-state index < -0.39 is 0 Å². The third-order valence-corrected chi connectivity index (χ3v) is 4.72. The molecule has 3 heterocycles. The first-order valence-corrected chi connectivity index (χ1v) is 9.19. The molecule has 0 spiro atoms. The molecule has 0 radical (unpaired) electrons. The van der Waals surface area contributed by atoms with Crippen LogP contribution in [0.15, 0.2) is 53.6 Å². The molecule has 27 heavy (non-hydrogen) atoms. The Morgan fingerprint density at radius 3 is 2.89 bits per heavy atom. The molecule has 0 bridgehead atoms. The molecule has 6 heteroatoms. The molecule has 1 aliphatic rings. The van der Waals surface area contributed by atoms with Crippen LogP contribution in [0.3, 0.4) is 0 Å². The third kappa shape index (κ3) is 3.90. The summed E-state index contributed by atoms with van der Waals surface area (Å²) in [5.41, 5.74) is 3.68. The fraction of sp³-hybridized carbons (Fsp3) is 0.286. The number of aromatic nitrogens is 3. The number of benzene rings is 1. The molecule has 0 fully saturated rings. The summed E-state index contributed by atoms with van der Waals surface area (Å²) in [7, 11) is 0. The fourth-order valence-electron chi connectivity index (χ4n) is 3.43. The first-order chi connectivity index (χ1) is 13.2. The van der Waals surface area contributed by atoms with Gasteiger partial charge in [0.2, 0.25) is 0 Å². The Bertz CT molecular complexity index is 985. The van der Waals surface area contributed by atoms with E-state index in [1.165, 1.54) is 5.56 Å². The van der Waals surface area contributed by atoms with Gasteiger partial charge in [-0.2, -0.15) is 0 Å². The van der Waals surface area contributed by atoms with Crippen molar-refractivity contribution in [2.45, 2.75) is 26.4 Å². The maximum absolute atomic E-state index is 12.5. The Morgan fingerprint density at radius 2 is 2.07 bits per heavy atom. The van der Waals surface area contributed by atoms with Crippen molar-refractivity contribution in [3.8, 4) is 17.1 Å². The van der Waals surface area contributed by atoms with Crippen molar-refractivity contribution in [1.29, 1.82) is 0 Å². The van der Waals surface area contributed by atoms with E-state index in [1.807, 2.05) is 31.2 Å². The van der Waals surface area contributed by atoms with Crippen molar-refractivity contribution in [2.24, 2.45) is 0 Å². The lowest BCUT2D eigenvalue weighted by molar-refractivity contribution is 0.240. The van der Waals surface area contributed by atoms with Gasteiger partial charge in [0.05, 0.1) is 12.3 Å². The quantitative estimate of drug-likeness (QED) is 0.756. The van der Waals surface area contributed by atoms with Crippen LogP contribution in [0, 0.1) is 0 Å². The highest BCUT2D eigenvalue weighted by Gasteiger charge is 2.21. The molecule has 6 nitrogen and oxygen atoms in total. The van der Waals surface area contributed by atoms with E-state index in [0.717, 1.165) is 35.7 Å². The molecular weight excluding hydrogens is 340 g/mol. The van der Waals surface area contributed by atoms with E-state index >= 15 is 0 Å². The molecule has 1 N–H and O–H groups in total. The van der Waals surface area contributed by atoms with Gasteiger partial charge in [0.15, 0.2) is 0 Å². The zero-order valence-electron chi connectivity index (χ0n) is 15.3. The summed E-state index contributed by atoms with van der Waals surface area (Å²) in [6, 6.07) is 11.9.